The van der Waals surface area contributed by atoms with Gasteiger partial charge in [-0.3, -0.25) is 10.1 Å². The number of aromatic nitrogens is 2. The van der Waals surface area contributed by atoms with Crippen molar-refractivity contribution in [2.75, 3.05) is 57.2 Å². The van der Waals surface area contributed by atoms with Crippen molar-refractivity contribution in [3.05, 3.63) is 47.1 Å². The third kappa shape index (κ3) is 20.4. The van der Waals surface area contributed by atoms with Crippen LogP contribution >= 0.6 is 0 Å². The number of anilines is 2. The molecule has 0 aliphatic rings. The maximum atomic E-state index is 11.3. The van der Waals surface area contributed by atoms with E-state index in [1.165, 1.54) is 0 Å². The second-order valence-corrected chi connectivity index (χ2v) is 6.88. The fraction of sp³-hybridized carbons (Fsp3) is 0.600. The SMILES string of the molecule is C/C=C/C.C=C/C=C\C.CCCCOc1nc(N)c([N+](=O)[O-])c(N(CCO)CCCN)n1.CCOC. The van der Waals surface area contributed by atoms with Crippen molar-refractivity contribution < 1.29 is 19.5 Å². The predicted octanol–water partition coefficient (Wildman–Crippen LogP) is 4.28. The van der Waals surface area contributed by atoms with Crippen LogP contribution in [0.2, 0.25) is 0 Å². The molecule has 0 amide bonds. The molecule has 11 heteroatoms. The molecule has 0 aliphatic heterocycles. The lowest BCUT2D eigenvalue weighted by Gasteiger charge is -2.22. The minimum atomic E-state index is -0.632. The minimum absolute atomic E-state index is 0.00719. The number of nitro groups is 1. The molecule has 1 rings (SSSR count). The standard InChI is InChI=1S/C13H24N6O4.C5H8.C4H8.C3H8O/c1-2-3-9-23-13-16-11(15)10(19(21)22)12(17-13)18(7-8-20)6-4-5-14;1-3-5-4-2;2*1-3-4-2/h20H,2-9,14H2,1H3,(H2,15,16,17);3-5H,1H2,2H3;3-4H,1-2H3;3H2,1-2H3/b;5-4-;4-3+;. The molecule has 11 nitrogen and oxygen atoms in total. The van der Waals surface area contributed by atoms with Gasteiger partial charge in [0, 0.05) is 26.8 Å². The number of methoxy groups -OCH3 is 1. The van der Waals surface area contributed by atoms with Crippen LogP contribution < -0.4 is 21.1 Å². The Labute approximate surface area is 217 Å². The zero-order valence-corrected chi connectivity index (χ0v) is 23.0. The van der Waals surface area contributed by atoms with E-state index in [-0.39, 0.29) is 30.8 Å². The zero-order chi connectivity index (χ0) is 28.2. The van der Waals surface area contributed by atoms with E-state index in [0.717, 1.165) is 19.4 Å². The molecule has 0 atom stereocenters. The average molecular weight is 513 g/mol. The van der Waals surface area contributed by atoms with Gasteiger partial charge in [-0.15, -0.1) is 0 Å². The second-order valence-electron chi connectivity index (χ2n) is 6.88. The maximum absolute atomic E-state index is 11.3. The zero-order valence-electron chi connectivity index (χ0n) is 23.0. The van der Waals surface area contributed by atoms with Crippen molar-refractivity contribution in [2.45, 2.75) is 53.9 Å². The molecule has 1 aromatic rings. The molecule has 0 saturated carbocycles. The Balaban J connectivity index is -0.000000688. The number of unbranched alkanes of at least 4 members (excludes halogenated alkanes) is 1. The van der Waals surface area contributed by atoms with E-state index in [2.05, 4.69) is 21.3 Å². The van der Waals surface area contributed by atoms with Crippen molar-refractivity contribution >= 4 is 17.3 Å². The first kappa shape index (κ1) is 37.5. The summed E-state index contributed by atoms with van der Waals surface area (Å²) in [5, 5.41) is 20.5. The lowest BCUT2D eigenvalue weighted by Crippen LogP contribution is -2.31. The highest BCUT2D eigenvalue weighted by molar-refractivity contribution is 5.69. The van der Waals surface area contributed by atoms with E-state index in [4.69, 9.17) is 16.2 Å². The van der Waals surface area contributed by atoms with E-state index in [1.807, 2.05) is 58.9 Å². The summed E-state index contributed by atoms with van der Waals surface area (Å²) >= 11 is 0. The molecule has 0 spiro atoms. The van der Waals surface area contributed by atoms with Gasteiger partial charge in [0.25, 0.3) is 0 Å². The first-order chi connectivity index (χ1) is 17.3. The number of aliphatic hydroxyl groups excluding tert-OH is 1. The van der Waals surface area contributed by atoms with Gasteiger partial charge in [0.05, 0.1) is 18.1 Å². The molecular formula is C25H48N6O5. The van der Waals surface area contributed by atoms with Gasteiger partial charge in [-0.2, -0.15) is 9.97 Å². The first-order valence-corrected chi connectivity index (χ1v) is 12.1. The summed E-state index contributed by atoms with van der Waals surface area (Å²) in [5.41, 5.74) is 10.8. The van der Waals surface area contributed by atoms with Crippen molar-refractivity contribution in [3.63, 3.8) is 0 Å². The Bertz CT molecular complexity index is 723. The van der Waals surface area contributed by atoms with Crippen LogP contribution in [0.25, 0.3) is 0 Å². The number of ether oxygens (including phenoxy) is 2. The highest BCUT2D eigenvalue weighted by Gasteiger charge is 2.27. The molecule has 0 radical (unpaired) electrons. The smallest absolute Gasteiger partial charge is 0.353 e. The molecule has 0 bridgehead atoms. The molecule has 5 N–H and O–H groups in total. The Morgan fingerprint density at radius 3 is 2.11 bits per heavy atom. The number of nitrogens with two attached hydrogens (primary N) is 2. The third-order valence-corrected chi connectivity index (χ3v) is 4.04. The van der Waals surface area contributed by atoms with Gasteiger partial charge in [0.1, 0.15) is 0 Å². The van der Waals surface area contributed by atoms with Crippen LogP contribution in [0.5, 0.6) is 6.01 Å². The highest BCUT2D eigenvalue weighted by atomic mass is 16.6. The summed E-state index contributed by atoms with van der Waals surface area (Å²) in [6.45, 7) is 15.4. The number of hydrogen-bond donors (Lipinski definition) is 3. The molecule has 1 heterocycles. The molecule has 1 aromatic heterocycles. The molecule has 208 valence electrons. The minimum Gasteiger partial charge on any atom is -0.463 e. The number of nitrogens with zero attached hydrogens (tertiary/aromatic N) is 4. The molecular weight excluding hydrogens is 464 g/mol. The lowest BCUT2D eigenvalue weighted by atomic mass is 10.3. The van der Waals surface area contributed by atoms with Crippen LogP contribution in [-0.2, 0) is 4.74 Å². The quantitative estimate of drug-likeness (QED) is 0.114. The van der Waals surface area contributed by atoms with Gasteiger partial charge in [0.15, 0.2) is 0 Å². The predicted molar refractivity (Wildman–Crippen MR) is 150 cm³/mol. The third-order valence-electron chi connectivity index (χ3n) is 4.04. The Morgan fingerprint density at radius 1 is 1.14 bits per heavy atom. The Morgan fingerprint density at radius 2 is 1.75 bits per heavy atom. The topological polar surface area (TPSA) is 163 Å². The second kappa shape index (κ2) is 28.2. The molecule has 0 fully saturated rings. The molecule has 0 unspecified atom stereocenters. The number of nitrogen functional groups attached to an aromatic ring is 1. The molecule has 0 aliphatic carbocycles. The van der Waals surface area contributed by atoms with E-state index < -0.39 is 10.6 Å². The maximum Gasteiger partial charge on any atom is 0.353 e. The monoisotopic (exact) mass is 512 g/mol. The fourth-order valence-corrected chi connectivity index (χ4v) is 2.07. The van der Waals surface area contributed by atoms with Crippen molar-refractivity contribution in [3.8, 4) is 6.01 Å². The van der Waals surface area contributed by atoms with Gasteiger partial charge in [-0.1, -0.05) is 50.3 Å². The summed E-state index contributed by atoms with van der Waals surface area (Å²) in [6, 6.07) is -0.00719. The largest absolute Gasteiger partial charge is 0.463 e. The van der Waals surface area contributed by atoms with Crippen LogP contribution in [0.4, 0.5) is 17.3 Å². The molecule has 36 heavy (non-hydrogen) atoms. The van der Waals surface area contributed by atoms with Crippen LogP contribution in [0.15, 0.2) is 37.0 Å². The van der Waals surface area contributed by atoms with E-state index in [9.17, 15) is 15.2 Å². The number of aliphatic hydroxyl groups is 1. The molecule has 0 saturated heterocycles. The first-order valence-electron chi connectivity index (χ1n) is 12.1. The van der Waals surface area contributed by atoms with Crippen LogP contribution in [-0.4, -0.2) is 66.6 Å². The Hall–Kier alpha value is -3.02. The van der Waals surface area contributed by atoms with Crippen molar-refractivity contribution in [2.24, 2.45) is 5.73 Å². The lowest BCUT2D eigenvalue weighted by molar-refractivity contribution is -0.383. The highest BCUT2D eigenvalue weighted by Crippen LogP contribution is 2.32. The summed E-state index contributed by atoms with van der Waals surface area (Å²) in [7, 11) is 1.68. The van der Waals surface area contributed by atoms with E-state index >= 15 is 0 Å². The van der Waals surface area contributed by atoms with Crippen LogP contribution in [0.1, 0.15) is 53.9 Å². The summed E-state index contributed by atoms with van der Waals surface area (Å²) in [4.78, 5) is 20.2. The molecule has 0 aromatic carbocycles. The van der Waals surface area contributed by atoms with Crippen LogP contribution in [0, 0.1) is 10.1 Å². The van der Waals surface area contributed by atoms with Gasteiger partial charge in [0.2, 0.25) is 11.6 Å². The van der Waals surface area contributed by atoms with E-state index in [1.54, 1.807) is 18.1 Å². The normalized spacial score (nSPS) is 9.89. The summed E-state index contributed by atoms with van der Waals surface area (Å²) in [5.74, 6) is -0.223. The number of rotatable bonds is 13. The van der Waals surface area contributed by atoms with Gasteiger partial charge in [-0.25, -0.2) is 0 Å². The van der Waals surface area contributed by atoms with Crippen molar-refractivity contribution in [1.29, 1.82) is 0 Å². The van der Waals surface area contributed by atoms with Crippen molar-refractivity contribution in [1.82, 2.24) is 9.97 Å². The Kier molecular flexibility index (Phi) is 29.4. The van der Waals surface area contributed by atoms with Gasteiger partial charge in [-0.05, 0) is 47.1 Å². The summed E-state index contributed by atoms with van der Waals surface area (Å²) in [6.07, 6.45) is 11.9. The van der Waals surface area contributed by atoms with Gasteiger partial charge < -0.3 is 30.9 Å². The number of allylic oxidation sites excluding steroid dienone is 5. The number of hydrogen-bond acceptors (Lipinski definition) is 10. The van der Waals surface area contributed by atoms with Crippen LogP contribution in [0.3, 0.4) is 0 Å². The van der Waals surface area contributed by atoms with Gasteiger partial charge >= 0.3 is 11.7 Å². The van der Waals surface area contributed by atoms with E-state index in [0.29, 0.717) is 26.1 Å². The fourth-order valence-electron chi connectivity index (χ4n) is 2.07. The average Bonchev–Trinajstić information content (AvgIpc) is 2.87. The summed E-state index contributed by atoms with van der Waals surface area (Å²) < 4.78 is 9.94.